The van der Waals surface area contributed by atoms with Crippen LogP contribution >= 0.6 is 11.8 Å². The van der Waals surface area contributed by atoms with Gasteiger partial charge in [0.15, 0.2) is 5.16 Å². The summed E-state index contributed by atoms with van der Waals surface area (Å²) >= 11 is 1.35. The average molecular weight is 251 g/mol. The van der Waals surface area contributed by atoms with Gasteiger partial charge in [-0.05, 0) is 29.8 Å². The van der Waals surface area contributed by atoms with Crippen LogP contribution in [-0.4, -0.2) is 19.7 Å². The standard InChI is InChI=1S/C10H13N5OS/c1-6-3-7(4-11)5-12-8(6)17-10-14-13-9(16)15(10)2/h3,5H,4,11H2,1-2H3,(H,13,16). The van der Waals surface area contributed by atoms with Crippen molar-refractivity contribution in [2.24, 2.45) is 12.8 Å². The molecule has 2 heterocycles. The van der Waals surface area contributed by atoms with Gasteiger partial charge in [0.05, 0.1) is 0 Å². The van der Waals surface area contributed by atoms with Gasteiger partial charge in [0.1, 0.15) is 5.03 Å². The molecule has 0 amide bonds. The van der Waals surface area contributed by atoms with Crippen molar-refractivity contribution in [2.75, 3.05) is 0 Å². The molecule has 0 unspecified atom stereocenters. The summed E-state index contributed by atoms with van der Waals surface area (Å²) in [4.78, 5) is 15.5. The largest absolute Gasteiger partial charge is 0.343 e. The lowest BCUT2D eigenvalue weighted by Gasteiger charge is -2.05. The summed E-state index contributed by atoms with van der Waals surface area (Å²) in [5.74, 6) is 0. The molecule has 0 fully saturated rings. The molecule has 0 radical (unpaired) electrons. The van der Waals surface area contributed by atoms with Gasteiger partial charge in [-0.3, -0.25) is 4.57 Å². The van der Waals surface area contributed by atoms with Crippen molar-refractivity contribution in [3.05, 3.63) is 33.9 Å². The van der Waals surface area contributed by atoms with Gasteiger partial charge in [-0.2, -0.15) is 0 Å². The first-order valence-electron chi connectivity index (χ1n) is 5.06. The molecule has 6 nitrogen and oxygen atoms in total. The van der Waals surface area contributed by atoms with E-state index in [9.17, 15) is 4.79 Å². The van der Waals surface area contributed by atoms with Crippen molar-refractivity contribution in [2.45, 2.75) is 23.7 Å². The van der Waals surface area contributed by atoms with Gasteiger partial charge in [-0.15, -0.1) is 5.10 Å². The number of pyridine rings is 1. The lowest BCUT2D eigenvalue weighted by atomic mass is 10.2. The predicted octanol–water partition coefficient (Wildman–Crippen LogP) is 0.422. The van der Waals surface area contributed by atoms with E-state index >= 15 is 0 Å². The lowest BCUT2D eigenvalue weighted by molar-refractivity contribution is 0.764. The minimum atomic E-state index is -0.233. The number of aryl methyl sites for hydroxylation is 1. The number of H-pyrrole nitrogens is 1. The number of nitrogens with zero attached hydrogens (tertiary/aromatic N) is 3. The van der Waals surface area contributed by atoms with E-state index in [0.717, 1.165) is 16.2 Å². The van der Waals surface area contributed by atoms with Gasteiger partial charge in [-0.25, -0.2) is 14.9 Å². The zero-order valence-corrected chi connectivity index (χ0v) is 10.4. The van der Waals surface area contributed by atoms with E-state index in [4.69, 9.17) is 5.73 Å². The maximum atomic E-state index is 11.2. The molecule has 0 atom stereocenters. The minimum Gasteiger partial charge on any atom is -0.326 e. The topological polar surface area (TPSA) is 89.6 Å². The van der Waals surface area contributed by atoms with Crippen molar-refractivity contribution in [3.63, 3.8) is 0 Å². The summed E-state index contributed by atoms with van der Waals surface area (Å²) in [7, 11) is 1.66. The summed E-state index contributed by atoms with van der Waals surface area (Å²) in [5, 5.41) is 7.72. The van der Waals surface area contributed by atoms with Crippen molar-refractivity contribution in [3.8, 4) is 0 Å². The highest BCUT2D eigenvalue weighted by atomic mass is 32.2. The first kappa shape index (κ1) is 11.9. The Balaban J connectivity index is 2.30. The Hall–Kier alpha value is -1.60. The fourth-order valence-corrected chi connectivity index (χ4v) is 2.16. The Bertz CT molecular complexity index is 589. The molecule has 90 valence electrons. The number of nitrogens with one attached hydrogen (secondary N) is 1. The van der Waals surface area contributed by atoms with Crippen LogP contribution in [0.15, 0.2) is 27.2 Å². The molecule has 0 saturated heterocycles. The highest BCUT2D eigenvalue weighted by Crippen LogP contribution is 2.25. The van der Waals surface area contributed by atoms with Crippen LogP contribution in [0, 0.1) is 6.92 Å². The summed E-state index contributed by atoms with van der Waals surface area (Å²) in [6, 6.07) is 1.99. The molecule has 0 spiro atoms. The van der Waals surface area contributed by atoms with Gasteiger partial charge in [0.2, 0.25) is 0 Å². The molecule has 2 rings (SSSR count). The maximum Gasteiger partial charge on any atom is 0.343 e. The SMILES string of the molecule is Cc1cc(CN)cnc1Sc1n[nH]c(=O)n1C. The van der Waals surface area contributed by atoms with Crippen LogP contribution in [0.3, 0.4) is 0 Å². The molecule has 2 aromatic rings. The van der Waals surface area contributed by atoms with E-state index in [-0.39, 0.29) is 5.69 Å². The molecule has 7 heteroatoms. The van der Waals surface area contributed by atoms with E-state index < -0.39 is 0 Å². The van der Waals surface area contributed by atoms with E-state index in [1.165, 1.54) is 16.3 Å². The van der Waals surface area contributed by atoms with Crippen LogP contribution in [-0.2, 0) is 13.6 Å². The van der Waals surface area contributed by atoms with Gasteiger partial charge in [-0.1, -0.05) is 6.07 Å². The van der Waals surface area contributed by atoms with E-state index in [0.29, 0.717) is 11.7 Å². The summed E-state index contributed by atoms with van der Waals surface area (Å²) in [5.41, 5.74) is 7.32. The molecule has 17 heavy (non-hydrogen) atoms. The lowest BCUT2D eigenvalue weighted by Crippen LogP contribution is -2.12. The molecule has 3 N–H and O–H groups in total. The zero-order valence-electron chi connectivity index (χ0n) is 9.60. The van der Waals surface area contributed by atoms with Crippen LogP contribution < -0.4 is 11.4 Å². The predicted molar refractivity (Wildman–Crippen MR) is 64.8 cm³/mol. The summed E-state index contributed by atoms with van der Waals surface area (Å²) < 4.78 is 1.45. The van der Waals surface area contributed by atoms with Crippen molar-refractivity contribution in [1.29, 1.82) is 0 Å². The van der Waals surface area contributed by atoms with E-state index in [1.54, 1.807) is 13.2 Å². The minimum absolute atomic E-state index is 0.233. The summed E-state index contributed by atoms with van der Waals surface area (Å²) in [6.45, 7) is 2.43. The Morgan fingerprint density at radius 3 is 2.88 bits per heavy atom. The van der Waals surface area contributed by atoms with Crippen molar-refractivity contribution < 1.29 is 0 Å². The van der Waals surface area contributed by atoms with Gasteiger partial charge in [0.25, 0.3) is 0 Å². The number of aromatic amines is 1. The molecule has 0 aliphatic rings. The number of rotatable bonds is 3. The van der Waals surface area contributed by atoms with Crippen LogP contribution in [0.25, 0.3) is 0 Å². The molecule has 0 aliphatic heterocycles. The molecule has 0 bridgehead atoms. The van der Waals surface area contributed by atoms with Crippen LogP contribution in [0.1, 0.15) is 11.1 Å². The van der Waals surface area contributed by atoms with Crippen LogP contribution in [0.4, 0.5) is 0 Å². The molecule has 2 aromatic heterocycles. The van der Waals surface area contributed by atoms with E-state index in [2.05, 4.69) is 15.2 Å². The van der Waals surface area contributed by atoms with Gasteiger partial charge < -0.3 is 5.73 Å². The Morgan fingerprint density at radius 2 is 2.35 bits per heavy atom. The third kappa shape index (κ3) is 2.40. The third-order valence-corrected chi connectivity index (χ3v) is 3.52. The molecule has 0 aromatic carbocycles. The highest BCUT2D eigenvalue weighted by molar-refractivity contribution is 7.99. The maximum absolute atomic E-state index is 11.2. The van der Waals surface area contributed by atoms with Gasteiger partial charge in [0, 0.05) is 19.8 Å². The van der Waals surface area contributed by atoms with E-state index in [1.807, 2.05) is 13.0 Å². The third-order valence-electron chi connectivity index (χ3n) is 2.35. The number of hydrogen-bond donors (Lipinski definition) is 2. The zero-order chi connectivity index (χ0) is 12.4. The highest BCUT2D eigenvalue weighted by Gasteiger charge is 2.09. The molecular formula is C10H13N5OS. The molecule has 0 saturated carbocycles. The smallest absolute Gasteiger partial charge is 0.326 e. The monoisotopic (exact) mass is 251 g/mol. The number of aromatic nitrogens is 4. The normalized spacial score (nSPS) is 10.8. The molecule has 0 aliphatic carbocycles. The Morgan fingerprint density at radius 1 is 1.59 bits per heavy atom. The number of hydrogen-bond acceptors (Lipinski definition) is 5. The number of nitrogens with two attached hydrogens (primary N) is 1. The van der Waals surface area contributed by atoms with Gasteiger partial charge >= 0.3 is 5.69 Å². The van der Waals surface area contributed by atoms with Crippen LogP contribution in [0.5, 0.6) is 0 Å². The first-order valence-corrected chi connectivity index (χ1v) is 5.88. The second-order valence-electron chi connectivity index (χ2n) is 3.64. The van der Waals surface area contributed by atoms with Crippen molar-refractivity contribution in [1.82, 2.24) is 19.7 Å². The first-order chi connectivity index (χ1) is 8.11. The quantitative estimate of drug-likeness (QED) is 0.825. The Labute approximate surface area is 102 Å². The second kappa shape index (κ2) is 4.72. The fraction of sp³-hybridized carbons (Fsp3) is 0.300. The molecular weight excluding hydrogens is 238 g/mol. The summed E-state index contributed by atoms with van der Waals surface area (Å²) in [6.07, 6.45) is 1.74. The average Bonchev–Trinajstić information content (AvgIpc) is 2.63. The fourth-order valence-electron chi connectivity index (χ4n) is 1.35. The van der Waals surface area contributed by atoms with Crippen LogP contribution in [0.2, 0.25) is 0 Å². The van der Waals surface area contributed by atoms with Crippen molar-refractivity contribution >= 4 is 11.8 Å². The second-order valence-corrected chi connectivity index (χ2v) is 4.60. The Kier molecular flexibility index (Phi) is 3.30.